The predicted molar refractivity (Wildman–Crippen MR) is 107 cm³/mol. The maximum absolute atomic E-state index is 12.2. The summed E-state index contributed by atoms with van der Waals surface area (Å²) in [6, 6.07) is 0. The summed E-state index contributed by atoms with van der Waals surface area (Å²) in [5, 5.41) is 0. The van der Waals surface area contributed by atoms with Gasteiger partial charge in [0, 0.05) is 25.6 Å². The molecular formula is C24H34O4. The molecule has 0 radical (unpaired) electrons. The van der Waals surface area contributed by atoms with Gasteiger partial charge in [0.15, 0.2) is 12.1 Å². The number of fused-ring (bicyclic) bond motifs is 7. The monoisotopic (exact) mass is 386 g/mol. The number of hydrogen-bond acceptors (Lipinski definition) is 4. The highest BCUT2D eigenvalue weighted by Crippen LogP contribution is 2.68. The molecule has 4 heteroatoms. The first-order chi connectivity index (χ1) is 13.4. The molecule has 2 saturated carbocycles. The minimum absolute atomic E-state index is 0.00458. The van der Waals surface area contributed by atoms with Crippen molar-refractivity contribution in [2.75, 3.05) is 14.2 Å². The summed E-state index contributed by atoms with van der Waals surface area (Å²) in [6.07, 6.45) is 11.4. The molecule has 1 heterocycles. The second kappa shape index (κ2) is 6.26. The van der Waals surface area contributed by atoms with Gasteiger partial charge in [0.25, 0.3) is 0 Å². The van der Waals surface area contributed by atoms with E-state index in [1.165, 1.54) is 31.3 Å². The van der Waals surface area contributed by atoms with Gasteiger partial charge in [0.1, 0.15) is 12.2 Å². The average molecular weight is 387 g/mol. The topological polar surface area (TPSA) is 48.1 Å². The van der Waals surface area contributed by atoms with Crippen molar-refractivity contribution >= 4 is 5.78 Å². The number of epoxide rings is 1. The van der Waals surface area contributed by atoms with Gasteiger partial charge in [-0.15, -0.1) is 0 Å². The van der Waals surface area contributed by atoms with Gasteiger partial charge in [0.2, 0.25) is 0 Å². The molecule has 0 aromatic heterocycles. The van der Waals surface area contributed by atoms with Gasteiger partial charge in [-0.1, -0.05) is 32.9 Å². The normalized spacial score (nSPS) is 49.8. The van der Waals surface area contributed by atoms with Gasteiger partial charge < -0.3 is 14.2 Å². The Kier molecular flexibility index (Phi) is 4.25. The molecule has 0 aromatic carbocycles. The Morgan fingerprint density at radius 3 is 2.61 bits per heavy atom. The van der Waals surface area contributed by atoms with Crippen molar-refractivity contribution in [3.8, 4) is 0 Å². The molecule has 5 rings (SSSR count). The largest absolute Gasteiger partial charge is 0.360 e. The zero-order chi connectivity index (χ0) is 19.8. The molecule has 3 fully saturated rings. The molecule has 154 valence electrons. The highest BCUT2D eigenvalue weighted by molar-refractivity contribution is 5.98. The van der Waals surface area contributed by atoms with Crippen molar-refractivity contribution < 1.29 is 19.0 Å². The molecule has 0 aromatic rings. The van der Waals surface area contributed by atoms with Crippen molar-refractivity contribution in [1.29, 1.82) is 0 Å². The summed E-state index contributed by atoms with van der Waals surface area (Å²) < 4.78 is 17.2. The van der Waals surface area contributed by atoms with E-state index in [-0.39, 0.29) is 29.7 Å². The molecule has 0 amide bonds. The smallest absolute Gasteiger partial charge is 0.187 e. The Morgan fingerprint density at radius 2 is 1.89 bits per heavy atom. The maximum Gasteiger partial charge on any atom is 0.187 e. The highest BCUT2D eigenvalue weighted by atomic mass is 16.7. The van der Waals surface area contributed by atoms with Crippen LogP contribution < -0.4 is 0 Å². The molecule has 5 aliphatic rings. The average Bonchev–Trinajstić information content (AvgIpc) is 3.41. The Balaban J connectivity index is 1.46. The molecule has 0 bridgehead atoms. The van der Waals surface area contributed by atoms with Gasteiger partial charge in [0.05, 0.1) is 0 Å². The Bertz CT molecular complexity index is 737. The second-order valence-electron chi connectivity index (χ2n) is 10.3. The van der Waals surface area contributed by atoms with E-state index in [2.05, 4.69) is 32.9 Å². The molecule has 28 heavy (non-hydrogen) atoms. The highest BCUT2D eigenvalue weighted by Gasteiger charge is 2.66. The van der Waals surface area contributed by atoms with Crippen molar-refractivity contribution in [2.24, 2.45) is 40.4 Å². The third kappa shape index (κ3) is 2.31. The van der Waals surface area contributed by atoms with Crippen molar-refractivity contribution in [2.45, 2.75) is 65.0 Å². The quantitative estimate of drug-likeness (QED) is 0.538. The van der Waals surface area contributed by atoms with Crippen molar-refractivity contribution in [3.05, 3.63) is 23.8 Å². The molecule has 0 spiro atoms. The van der Waals surface area contributed by atoms with Crippen LogP contribution >= 0.6 is 0 Å². The summed E-state index contributed by atoms with van der Waals surface area (Å²) >= 11 is 0. The number of carbonyl (C=O) groups is 1. The van der Waals surface area contributed by atoms with Crippen LogP contribution in [0.5, 0.6) is 0 Å². The number of ether oxygens (including phenoxy) is 3. The van der Waals surface area contributed by atoms with E-state index in [1.807, 2.05) is 6.08 Å². The lowest BCUT2D eigenvalue weighted by atomic mass is 9.48. The first-order valence-electron chi connectivity index (χ1n) is 11.0. The van der Waals surface area contributed by atoms with Gasteiger partial charge in [-0.2, -0.15) is 0 Å². The van der Waals surface area contributed by atoms with E-state index < -0.39 is 0 Å². The number of methoxy groups -OCH3 is 2. The molecule has 9 atom stereocenters. The van der Waals surface area contributed by atoms with Crippen LogP contribution in [0, 0.1) is 40.4 Å². The van der Waals surface area contributed by atoms with Crippen LogP contribution in [0.4, 0.5) is 0 Å². The Morgan fingerprint density at radius 1 is 1.14 bits per heavy atom. The van der Waals surface area contributed by atoms with E-state index in [9.17, 15) is 4.79 Å². The fraction of sp³-hybridized carbons (Fsp3) is 0.792. The number of carbonyl (C=O) groups excluding carboxylic acids is 1. The minimum Gasteiger partial charge on any atom is -0.360 e. The molecule has 4 nitrogen and oxygen atoms in total. The van der Waals surface area contributed by atoms with Crippen LogP contribution in [0.3, 0.4) is 0 Å². The molecular weight excluding hydrogens is 352 g/mol. The van der Waals surface area contributed by atoms with E-state index >= 15 is 0 Å². The van der Waals surface area contributed by atoms with Crippen LogP contribution in [-0.2, 0) is 19.0 Å². The zero-order valence-electron chi connectivity index (χ0n) is 17.8. The van der Waals surface area contributed by atoms with Crippen LogP contribution in [0.25, 0.3) is 0 Å². The van der Waals surface area contributed by atoms with Crippen LogP contribution in [-0.4, -0.2) is 38.5 Å². The molecule has 0 N–H and O–H groups in total. The number of allylic oxidation sites excluding steroid dienone is 2. The van der Waals surface area contributed by atoms with Gasteiger partial charge in [-0.05, 0) is 66.4 Å². The molecule has 1 unspecified atom stereocenters. The number of hydrogen-bond donors (Lipinski definition) is 0. The number of rotatable bonds is 4. The fourth-order valence-corrected chi connectivity index (χ4v) is 7.99. The summed E-state index contributed by atoms with van der Waals surface area (Å²) in [5.41, 5.74) is 1.54. The van der Waals surface area contributed by atoms with E-state index in [0.29, 0.717) is 35.0 Å². The fourth-order valence-electron chi connectivity index (χ4n) is 7.99. The second-order valence-corrected chi connectivity index (χ2v) is 10.3. The lowest BCUT2D eigenvalue weighted by molar-refractivity contribution is -0.159. The third-order valence-corrected chi connectivity index (χ3v) is 9.49. The molecule has 4 aliphatic carbocycles. The lowest BCUT2D eigenvalue weighted by Crippen LogP contribution is -2.52. The standard InChI is InChI=1S/C24H34O4/c1-13(22(26-4)27-5)16-8-9-17-15-7-6-14-12-19(25)20-21(28-20)24(14,3)18(15)10-11-23(16,17)2/h6-7,12-13,15-18,20-22H,8-11H2,1-5H3/t13?,15-,16+,17-,18-,20-,21-,23+,24-/m0/s1. The number of ketones is 1. The summed E-state index contributed by atoms with van der Waals surface area (Å²) in [5.74, 6) is 3.04. The van der Waals surface area contributed by atoms with Crippen LogP contribution in [0.15, 0.2) is 23.8 Å². The summed E-state index contributed by atoms with van der Waals surface area (Å²) in [7, 11) is 3.51. The van der Waals surface area contributed by atoms with Gasteiger partial charge in [-0.3, -0.25) is 4.79 Å². The Labute approximate surface area is 168 Å². The molecule has 1 saturated heterocycles. The van der Waals surface area contributed by atoms with Crippen molar-refractivity contribution in [3.63, 3.8) is 0 Å². The van der Waals surface area contributed by atoms with Gasteiger partial charge >= 0.3 is 0 Å². The third-order valence-electron chi connectivity index (χ3n) is 9.49. The first kappa shape index (κ1) is 19.0. The SMILES string of the molecule is COC(OC)C(C)[C@H]1CC[C@H]2[C@@H]3C=CC4=CC(=O)[C@@H]5O[C@@H]5[C@]4(C)[C@H]3CC[C@]12C. The van der Waals surface area contributed by atoms with Crippen LogP contribution in [0.2, 0.25) is 0 Å². The zero-order valence-corrected chi connectivity index (χ0v) is 17.8. The first-order valence-corrected chi connectivity index (χ1v) is 11.0. The van der Waals surface area contributed by atoms with Crippen LogP contribution in [0.1, 0.15) is 46.5 Å². The maximum atomic E-state index is 12.2. The summed E-state index contributed by atoms with van der Waals surface area (Å²) in [4.78, 5) is 12.2. The van der Waals surface area contributed by atoms with Crippen molar-refractivity contribution in [1.82, 2.24) is 0 Å². The van der Waals surface area contributed by atoms with Gasteiger partial charge in [-0.25, -0.2) is 0 Å². The predicted octanol–water partition coefficient (Wildman–Crippen LogP) is 4.15. The lowest BCUT2D eigenvalue weighted by Gasteiger charge is -2.56. The van der Waals surface area contributed by atoms with E-state index in [1.54, 1.807) is 14.2 Å². The van der Waals surface area contributed by atoms with E-state index in [4.69, 9.17) is 14.2 Å². The molecule has 1 aliphatic heterocycles. The minimum atomic E-state index is -0.172. The Hall–Kier alpha value is -0.970. The van der Waals surface area contributed by atoms with E-state index in [0.717, 1.165) is 0 Å². The summed E-state index contributed by atoms with van der Waals surface area (Å²) in [6.45, 7) is 7.18.